The second-order valence-corrected chi connectivity index (χ2v) is 4.02. The van der Waals surface area contributed by atoms with E-state index in [1.807, 2.05) is 0 Å². The first-order chi connectivity index (χ1) is 7.60. The van der Waals surface area contributed by atoms with E-state index in [-0.39, 0.29) is 5.69 Å². The van der Waals surface area contributed by atoms with Crippen molar-refractivity contribution in [2.45, 2.75) is 5.33 Å². The van der Waals surface area contributed by atoms with Crippen LogP contribution in [0.4, 0.5) is 14.5 Å². The fourth-order valence-electron chi connectivity index (χ4n) is 1.40. The van der Waals surface area contributed by atoms with Gasteiger partial charge in [0.2, 0.25) is 0 Å². The quantitative estimate of drug-likeness (QED) is 0.774. The third-order valence-corrected chi connectivity index (χ3v) is 2.89. The molecule has 0 N–H and O–H groups in total. The number of alkyl halides is 1. The molecule has 0 aliphatic carbocycles. The van der Waals surface area contributed by atoms with E-state index in [1.165, 1.54) is 17.0 Å². The van der Waals surface area contributed by atoms with Crippen LogP contribution in [0, 0.1) is 11.6 Å². The van der Waals surface area contributed by atoms with Crippen LogP contribution in [0.3, 0.4) is 0 Å². The van der Waals surface area contributed by atoms with Crippen LogP contribution in [0.25, 0.3) is 0 Å². The van der Waals surface area contributed by atoms with Gasteiger partial charge in [-0.1, -0.05) is 15.9 Å². The zero-order chi connectivity index (χ0) is 12.1. The number of hydrogen-bond acceptors (Lipinski definition) is 2. The molecule has 0 atom stereocenters. The highest BCUT2D eigenvalue weighted by Gasteiger charge is 2.14. The minimum atomic E-state index is -0.548. The van der Waals surface area contributed by atoms with Gasteiger partial charge in [0.05, 0.1) is 6.61 Å². The lowest BCUT2D eigenvalue weighted by Crippen LogP contribution is -2.24. The molecule has 0 amide bonds. The molecule has 0 fully saturated rings. The van der Waals surface area contributed by atoms with Crippen LogP contribution in [-0.2, 0) is 10.1 Å². The van der Waals surface area contributed by atoms with E-state index in [4.69, 9.17) is 4.74 Å². The molecule has 0 aliphatic heterocycles. The summed E-state index contributed by atoms with van der Waals surface area (Å²) < 4.78 is 32.1. The average molecular weight is 294 g/mol. The lowest BCUT2D eigenvalue weighted by Gasteiger charge is -2.20. The lowest BCUT2D eigenvalue weighted by molar-refractivity contribution is 0.206. The third kappa shape index (κ3) is 3.15. The maximum atomic E-state index is 13.6. The maximum absolute atomic E-state index is 13.6. The van der Waals surface area contributed by atoms with Crippen LogP contribution in [0.5, 0.6) is 0 Å². The first-order valence-corrected chi connectivity index (χ1v) is 5.96. The van der Waals surface area contributed by atoms with Gasteiger partial charge in [-0.25, -0.2) is 8.78 Å². The average Bonchev–Trinajstić information content (AvgIpc) is 2.25. The normalized spacial score (nSPS) is 10.6. The van der Waals surface area contributed by atoms with E-state index >= 15 is 0 Å². The van der Waals surface area contributed by atoms with Crippen molar-refractivity contribution >= 4 is 21.6 Å². The summed E-state index contributed by atoms with van der Waals surface area (Å²) in [6.07, 6.45) is 0. The molecule has 0 heterocycles. The Morgan fingerprint density at radius 2 is 1.88 bits per heavy atom. The first kappa shape index (κ1) is 13.4. The Bertz CT molecular complexity index is 337. The first-order valence-electron chi connectivity index (χ1n) is 4.84. The Morgan fingerprint density at radius 3 is 2.31 bits per heavy atom. The van der Waals surface area contributed by atoms with Gasteiger partial charge in [0.1, 0.15) is 17.3 Å². The SMILES string of the molecule is COCCN(C)c1c(F)cc(CBr)cc1F. The number of anilines is 1. The summed E-state index contributed by atoms with van der Waals surface area (Å²) >= 11 is 3.16. The summed E-state index contributed by atoms with van der Waals surface area (Å²) in [7, 11) is 3.18. The standard InChI is InChI=1S/C11H14BrF2NO/c1-15(3-4-16-2)11-9(13)5-8(7-12)6-10(11)14/h5-6H,3-4,7H2,1-2H3. The predicted molar refractivity (Wildman–Crippen MR) is 64.1 cm³/mol. The molecule has 0 aromatic heterocycles. The van der Waals surface area contributed by atoms with Crippen molar-refractivity contribution in [3.63, 3.8) is 0 Å². The van der Waals surface area contributed by atoms with Crippen LogP contribution >= 0.6 is 15.9 Å². The van der Waals surface area contributed by atoms with Crippen molar-refractivity contribution in [2.24, 2.45) is 0 Å². The Morgan fingerprint density at radius 1 is 1.31 bits per heavy atom. The number of ether oxygens (including phenoxy) is 1. The fraction of sp³-hybridized carbons (Fsp3) is 0.455. The summed E-state index contributed by atoms with van der Waals surface area (Å²) in [5, 5.41) is 0.433. The molecule has 1 aromatic rings. The largest absolute Gasteiger partial charge is 0.383 e. The molecule has 1 aromatic carbocycles. The van der Waals surface area contributed by atoms with Crippen molar-refractivity contribution < 1.29 is 13.5 Å². The number of methoxy groups -OCH3 is 1. The number of likely N-dealkylation sites (N-methyl/N-ethyl adjacent to an activating group) is 1. The van der Waals surface area contributed by atoms with Crippen molar-refractivity contribution in [1.82, 2.24) is 0 Å². The molecule has 0 spiro atoms. The Balaban J connectivity index is 2.95. The minimum Gasteiger partial charge on any atom is -0.383 e. The number of halogens is 3. The molecule has 0 unspecified atom stereocenters. The molecule has 0 saturated carbocycles. The molecule has 5 heteroatoms. The molecular weight excluding hydrogens is 280 g/mol. The van der Waals surface area contributed by atoms with E-state index in [1.54, 1.807) is 14.2 Å². The highest BCUT2D eigenvalue weighted by Crippen LogP contribution is 2.24. The molecule has 16 heavy (non-hydrogen) atoms. The van der Waals surface area contributed by atoms with Gasteiger partial charge in [0.25, 0.3) is 0 Å². The molecule has 0 radical (unpaired) electrons. The van der Waals surface area contributed by atoms with Crippen molar-refractivity contribution in [1.29, 1.82) is 0 Å². The molecule has 0 saturated heterocycles. The van der Waals surface area contributed by atoms with Crippen LogP contribution in [0.15, 0.2) is 12.1 Å². The van der Waals surface area contributed by atoms with Crippen molar-refractivity contribution in [3.8, 4) is 0 Å². The summed E-state index contributed by atoms with van der Waals surface area (Å²) in [6, 6.07) is 2.66. The topological polar surface area (TPSA) is 12.5 Å². The third-order valence-electron chi connectivity index (χ3n) is 2.24. The fourth-order valence-corrected chi connectivity index (χ4v) is 1.72. The monoisotopic (exact) mass is 293 g/mol. The molecular formula is C11H14BrF2NO. The lowest BCUT2D eigenvalue weighted by atomic mass is 10.2. The Hall–Kier alpha value is -0.680. The van der Waals surface area contributed by atoms with Crippen LogP contribution in [0.2, 0.25) is 0 Å². The summed E-state index contributed by atoms with van der Waals surface area (Å²) in [5.41, 5.74) is 0.570. The molecule has 0 bridgehead atoms. The van der Waals surface area contributed by atoms with E-state index in [0.29, 0.717) is 24.0 Å². The minimum absolute atomic E-state index is 0.0123. The number of hydrogen-bond donors (Lipinski definition) is 0. The number of rotatable bonds is 5. The second kappa shape index (κ2) is 6.15. The van der Waals surface area contributed by atoms with Gasteiger partial charge in [0.15, 0.2) is 0 Å². The highest BCUT2D eigenvalue weighted by molar-refractivity contribution is 9.08. The molecule has 90 valence electrons. The Kier molecular flexibility index (Phi) is 5.15. The summed E-state index contributed by atoms with van der Waals surface area (Å²) in [6.45, 7) is 0.869. The summed E-state index contributed by atoms with van der Waals surface area (Å²) in [4.78, 5) is 1.51. The van der Waals surface area contributed by atoms with Gasteiger partial charge < -0.3 is 9.64 Å². The zero-order valence-electron chi connectivity index (χ0n) is 9.27. The second-order valence-electron chi connectivity index (χ2n) is 3.46. The van der Waals surface area contributed by atoms with E-state index in [2.05, 4.69) is 15.9 Å². The molecule has 2 nitrogen and oxygen atoms in total. The van der Waals surface area contributed by atoms with E-state index in [0.717, 1.165) is 0 Å². The van der Waals surface area contributed by atoms with Crippen LogP contribution in [-0.4, -0.2) is 27.3 Å². The maximum Gasteiger partial charge on any atom is 0.149 e. The zero-order valence-corrected chi connectivity index (χ0v) is 10.9. The van der Waals surface area contributed by atoms with Gasteiger partial charge in [-0.3, -0.25) is 0 Å². The molecule has 1 rings (SSSR count). The molecule has 0 aliphatic rings. The van der Waals surface area contributed by atoms with Crippen LogP contribution in [0.1, 0.15) is 5.56 Å². The van der Waals surface area contributed by atoms with Gasteiger partial charge in [-0.05, 0) is 17.7 Å². The van der Waals surface area contributed by atoms with Crippen molar-refractivity contribution in [3.05, 3.63) is 29.3 Å². The van der Waals surface area contributed by atoms with Gasteiger partial charge in [-0.2, -0.15) is 0 Å². The number of benzene rings is 1. The Labute approximate surface area is 102 Å². The van der Waals surface area contributed by atoms with Gasteiger partial charge >= 0.3 is 0 Å². The summed E-state index contributed by atoms with van der Waals surface area (Å²) in [5.74, 6) is -1.10. The van der Waals surface area contributed by atoms with Crippen molar-refractivity contribution in [2.75, 3.05) is 32.2 Å². The van der Waals surface area contributed by atoms with E-state index < -0.39 is 11.6 Å². The van der Waals surface area contributed by atoms with Crippen LogP contribution < -0.4 is 4.90 Å². The van der Waals surface area contributed by atoms with Gasteiger partial charge in [-0.15, -0.1) is 0 Å². The van der Waals surface area contributed by atoms with E-state index in [9.17, 15) is 8.78 Å². The predicted octanol–water partition coefficient (Wildman–Crippen LogP) is 2.94. The smallest absolute Gasteiger partial charge is 0.149 e. The highest BCUT2D eigenvalue weighted by atomic mass is 79.9. The number of nitrogens with zero attached hydrogens (tertiary/aromatic N) is 1. The van der Waals surface area contributed by atoms with Gasteiger partial charge in [0, 0.05) is 26.0 Å².